The number of aliphatic imine (C=N–C) groups is 1. The van der Waals surface area contributed by atoms with E-state index in [4.69, 9.17) is 15.9 Å². The molecule has 3 aromatic rings. The van der Waals surface area contributed by atoms with Gasteiger partial charge in [0.25, 0.3) is 0 Å². The number of hydrogen-bond donors (Lipinski definition) is 2. The molecule has 4 N–H and O–H groups in total. The van der Waals surface area contributed by atoms with Crippen molar-refractivity contribution in [3.05, 3.63) is 62.8 Å². The average molecular weight is 349 g/mol. The van der Waals surface area contributed by atoms with Crippen molar-refractivity contribution in [2.75, 3.05) is 12.8 Å². The molecule has 0 amide bonds. The van der Waals surface area contributed by atoms with Crippen LogP contribution in [0.5, 0.6) is 0 Å². The van der Waals surface area contributed by atoms with Gasteiger partial charge in [0, 0.05) is 47.2 Å². The molecule has 2 aromatic carbocycles. The van der Waals surface area contributed by atoms with E-state index in [1.54, 1.807) is 26.3 Å². The molecule has 134 valence electrons. The monoisotopic (exact) mass is 349 g/mol. The molecule has 0 bridgehead atoms. The number of aryl methyl sites for hydroxylation is 1. The molecule has 1 atom stereocenters. The highest BCUT2D eigenvalue weighted by Crippen LogP contribution is 2.31. The first-order valence-electron chi connectivity index (χ1n) is 8.49. The maximum absolute atomic E-state index is 13.0. The SMILES string of the molecule is CN=Cc1cc(-c2oc3c(C(C)N)cc(C)cc3c(=O)c2C)ccc1N. The van der Waals surface area contributed by atoms with Crippen LogP contribution in [0.2, 0.25) is 0 Å². The molecule has 0 aliphatic heterocycles. The highest BCUT2D eigenvalue weighted by molar-refractivity contribution is 5.90. The van der Waals surface area contributed by atoms with Crippen molar-refractivity contribution in [3.63, 3.8) is 0 Å². The van der Waals surface area contributed by atoms with E-state index in [2.05, 4.69) is 4.99 Å². The lowest BCUT2D eigenvalue weighted by Gasteiger charge is -2.14. The maximum atomic E-state index is 13.0. The summed E-state index contributed by atoms with van der Waals surface area (Å²) in [4.78, 5) is 17.0. The van der Waals surface area contributed by atoms with E-state index in [0.29, 0.717) is 28.0 Å². The summed E-state index contributed by atoms with van der Waals surface area (Å²) < 4.78 is 6.21. The van der Waals surface area contributed by atoms with Crippen molar-refractivity contribution in [2.45, 2.75) is 26.8 Å². The van der Waals surface area contributed by atoms with Crippen LogP contribution < -0.4 is 16.9 Å². The van der Waals surface area contributed by atoms with Gasteiger partial charge in [-0.3, -0.25) is 9.79 Å². The van der Waals surface area contributed by atoms with Crippen molar-refractivity contribution in [3.8, 4) is 11.3 Å². The van der Waals surface area contributed by atoms with Crippen molar-refractivity contribution < 1.29 is 4.42 Å². The highest BCUT2D eigenvalue weighted by atomic mass is 16.3. The van der Waals surface area contributed by atoms with Crippen molar-refractivity contribution >= 4 is 22.9 Å². The summed E-state index contributed by atoms with van der Waals surface area (Å²) >= 11 is 0. The molecule has 0 aliphatic carbocycles. The van der Waals surface area contributed by atoms with Crippen LogP contribution >= 0.6 is 0 Å². The molecule has 1 heterocycles. The lowest BCUT2D eigenvalue weighted by atomic mass is 9.98. The summed E-state index contributed by atoms with van der Waals surface area (Å²) in [6.07, 6.45) is 1.68. The van der Waals surface area contributed by atoms with Crippen LogP contribution in [0.15, 0.2) is 44.5 Å². The van der Waals surface area contributed by atoms with Crippen LogP contribution in [0.1, 0.15) is 35.2 Å². The highest BCUT2D eigenvalue weighted by Gasteiger charge is 2.17. The Hall–Kier alpha value is -2.92. The van der Waals surface area contributed by atoms with Crippen LogP contribution in [-0.4, -0.2) is 13.3 Å². The second kappa shape index (κ2) is 6.77. The molecular weight excluding hydrogens is 326 g/mol. The first-order chi connectivity index (χ1) is 12.3. The maximum Gasteiger partial charge on any atom is 0.196 e. The van der Waals surface area contributed by atoms with E-state index in [1.165, 1.54) is 0 Å². The number of anilines is 1. The standard InChI is InChI=1S/C21H23N3O2/c1-11-7-16(13(3)22)21-17(8-11)19(25)12(2)20(26-21)14-5-6-18(23)15(9-14)10-24-4/h5-10,13H,22-23H2,1-4H3. The van der Waals surface area contributed by atoms with Gasteiger partial charge in [-0.05, 0) is 50.6 Å². The van der Waals surface area contributed by atoms with E-state index < -0.39 is 0 Å². The third kappa shape index (κ3) is 3.02. The van der Waals surface area contributed by atoms with Gasteiger partial charge in [0.1, 0.15) is 11.3 Å². The predicted molar refractivity (Wildman–Crippen MR) is 108 cm³/mol. The number of nitrogen functional groups attached to an aromatic ring is 1. The summed E-state index contributed by atoms with van der Waals surface area (Å²) in [5, 5.41) is 0.560. The topological polar surface area (TPSA) is 94.6 Å². The van der Waals surface area contributed by atoms with Crippen molar-refractivity contribution in [1.82, 2.24) is 0 Å². The summed E-state index contributed by atoms with van der Waals surface area (Å²) in [6.45, 7) is 5.61. The molecule has 0 fully saturated rings. The third-order valence-corrected chi connectivity index (χ3v) is 4.50. The summed E-state index contributed by atoms with van der Waals surface area (Å²) in [5.74, 6) is 0.527. The van der Waals surface area contributed by atoms with Gasteiger partial charge in [-0.2, -0.15) is 0 Å². The van der Waals surface area contributed by atoms with Gasteiger partial charge in [0.05, 0.1) is 5.39 Å². The van der Waals surface area contributed by atoms with Crippen LogP contribution in [0.4, 0.5) is 5.69 Å². The Morgan fingerprint density at radius 2 is 1.92 bits per heavy atom. The summed E-state index contributed by atoms with van der Waals surface area (Å²) in [6, 6.07) is 9.08. The lowest BCUT2D eigenvalue weighted by Crippen LogP contribution is -2.12. The summed E-state index contributed by atoms with van der Waals surface area (Å²) in [7, 11) is 1.69. The molecule has 0 saturated heterocycles. The zero-order valence-corrected chi connectivity index (χ0v) is 15.5. The normalized spacial score (nSPS) is 12.8. The van der Waals surface area contributed by atoms with Gasteiger partial charge in [-0.25, -0.2) is 0 Å². The van der Waals surface area contributed by atoms with Gasteiger partial charge in [-0.1, -0.05) is 6.07 Å². The fraction of sp³-hybridized carbons (Fsp3) is 0.238. The molecule has 0 radical (unpaired) electrons. The fourth-order valence-electron chi connectivity index (χ4n) is 3.15. The molecule has 1 unspecified atom stereocenters. The smallest absolute Gasteiger partial charge is 0.196 e. The van der Waals surface area contributed by atoms with Crippen LogP contribution in [-0.2, 0) is 0 Å². The first kappa shape index (κ1) is 17.9. The molecule has 3 rings (SSSR count). The third-order valence-electron chi connectivity index (χ3n) is 4.50. The lowest BCUT2D eigenvalue weighted by molar-refractivity contribution is 0.603. The van der Waals surface area contributed by atoms with Crippen LogP contribution in [0.25, 0.3) is 22.3 Å². The number of hydrogen-bond acceptors (Lipinski definition) is 5. The molecular formula is C21H23N3O2. The minimum Gasteiger partial charge on any atom is -0.455 e. The zero-order chi connectivity index (χ0) is 19.0. The number of nitrogens with zero attached hydrogens (tertiary/aromatic N) is 1. The van der Waals surface area contributed by atoms with Gasteiger partial charge in [-0.15, -0.1) is 0 Å². The molecule has 1 aromatic heterocycles. The molecule has 5 heteroatoms. The quantitative estimate of drug-likeness (QED) is 0.556. The largest absolute Gasteiger partial charge is 0.455 e. The number of benzene rings is 2. The zero-order valence-electron chi connectivity index (χ0n) is 15.5. The predicted octanol–water partition coefficient (Wildman–Crippen LogP) is 3.73. The van der Waals surface area contributed by atoms with Gasteiger partial charge < -0.3 is 15.9 Å². The number of fused-ring (bicyclic) bond motifs is 1. The Kier molecular flexibility index (Phi) is 4.66. The van der Waals surface area contributed by atoms with E-state index in [0.717, 1.165) is 22.3 Å². The fourth-order valence-corrected chi connectivity index (χ4v) is 3.15. The second-order valence-electron chi connectivity index (χ2n) is 6.64. The number of rotatable bonds is 3. The first-order valence-corrected chi connectivity index (χ1v) is 8.49. The van der Waals surface area contributed by atoms with E-state index in [1.807, 2.05) is 38.1 Å². The summed E-state index contributed by atoms with van der Waals surface area (Å²) in [5.41, 5.74) is 17.1. The average Bonchev–Trinajstić information content (AvgIpc) is 2.60. The number of nitrogens with two attached hydrogens (primary N) is 2. The Bertz CT molecular complexity index is 1080. The second-order valence-corrected chi connectivity index (χ2v) is 6.64. The Morgan fingerprint density at radius 3 is 2.58 bits per heavy atom. The molecule has 0 spiro atoms. The Labute approximate surface area is 152 Å². The van der Waals surface area contributed by atoms with Crippen molar-refractivity contribution in [2.24, 2.45) is 10.7 Å². The van der Waals surface area contributed by atoms with Crippen molar-refractivity contribution in [1.29, 1.82) is 0 Å². The minimum atomic E-state index is -0.245. The Balaban J connectivity index is 2.36. The van der Waals surface area contributed by atoms with Gasteiger partial charge in [0.2, 0.25) is 0 Å². The van der Waals surface area contributed by atoms with E-state index in [9.17, 15) is 4.79 Å². The van der Waals surface area contributed by atoms with Crippen LogP contribution in [0, 0.1) is 13.8 Å². The van der Waals surface area contributed by atoms with E-state index >= 15 is 0 Å². The minimum absolute atomic E-state index is 0.0469. The van der Waals surface area contributed by atoms with Gasteiger partial charge in [0.15, 0.2) is 5.43 Å². The molecule has 26 heavy (non-hydrogen) atoms. The molecule has 5 nitrogen and oxygen atoms in total. The van der Waals surface area contributed by atoms with Crippen LogP contribution in [0.3, 0.4) is 0 Å². The Morgan fingerprint density at radius 1 is 1.19 bits per heavy atom. The van der Waals surface area contributed by atoms with E-state index in [-0.39, 0.29) is 11.5 Å². The molecule has 0 saturated carbocycles. The van der Waals surface area contributed by atoms with Gasteiger partial charge >= 0.3 is 0 Å². The molecule has 0 aliphatic rings.